The number of hydrogen-bond donors (Lipinski definition) is 1. The van der Waals surface area contributed by atoms with Crippen LogP contribution in [0.15, 0.2) is 0 Å². The first kappa shape index (κ1) is 13.8. The summed E-state index contributed by atoms with van der Waals surface area (Å²) in [5.41, 5.74) is 0. The fourth-order valence-electron chi connectivity index (χ4n) is 3.80. The smallest absolute Gasteiger partial charge is 0.282 e. The van der Waals surface area contributed by atoms with Crippen LogP contribution in [0.2, 0.25) is 0 Å². The minimum absolute atomic E-state index is 0.176. The van der Waals surface area contributed by atoms with E-state index >= 15 is 0 Å². The van der Waals surface area contributed by atoms with Crippen LogP contribution < -0.4 is 5.32 Å². The molecule has 0 aromatic heterocycles. The summed E-state index contributed by atoms with van der Waals surface area (Å²) in [6, 6.07) is 0.400. The summed E-state index contributed by atoms with van der Waals surface area (Å²) in [5, 5.41) is 3.37. The van der Waals surface area contributed by atoms with Crippen LogP contribution in [0.25, 0.3) is 0 Å². The van der Waals surface area contributed by atoms with Gasteiger partial charge in [0.25, 0.3) is 10.2 Å². The molecule has 5 nitrogen and oxygen atoms in total. The highest BCUT2D eigenvalue weighted by Gasteiger charge is 2.45. The third-order valence-electron chi connectivity index (χ3n) is 4.80. The lowest BCUT2D eigenvalue weighted by molar-refractivity contribution is 0.240. The van der Waals surface area contributed by atoms with Crippen LogP contribution >= 0.6 is 0 Å². The Morgan fingerprint density at radius 3 is 2.68 bits per heavy atom. The zero-order valence-corrected chi connectivity index (χ0v) is 12.5. The van der Waals surface area contributed by atoms with E-state index in [1.165, 1.54) is 0 Å². The summed E-state index contributed by atoms with van der Waals surface area (Å²) in [4.78, 5) is 0. The molecule has 0 amide bonds. The molecular weight excluding hydrogens is 262 g/mol. The Labute approximate surface area is 116 Å². The second-order valence-corrected chi connectivity index (χ2v) is 8.15. The summed E-state index contributed by atoms with van der Waals surface area (Å²) in [6.07, 6.45) is 5.16. The van der Waals surface area contributed by atoms with Gasteiger partial charge in [0.05, 0.1) is 0 Å². The number of fused-ring (bicyclic) bond motifs is 2. The number of nitrogens with one attached hydrogen (secondary N) is 1. The van der Waals surface area contributed by atoms with Gasteiger partial charge in [-0.05, 0) is 44.6 Å². The highest BCUT2D eigenvalue weighted by atomic mass is 32.2. The van der Waals surface area contributed by atoms with Gasteiger partial charge in [-0.3, -0.25) is 0 Å². The Morgan fingerprint density at radius 1 is 1.11 bits per heavy atom. The maximum absolute atomic E-state index is 12.9. The second kappa shape index (κ2) is 5.31. The Morgan fingerprint density at radius 2 is 1.89 bits per heavy atom. The van der Waals surface area contributed by atoms with Gasteiger partial charge in [0.15, 0.2) is 0 Å². The van der Waals surface area contributed by atoms with E-state index < -0.39 is 10.2 Å². The van der Waals surface area contributed by atoms with E-state index in [0.29, 0.717) is 19.0 Å². The molecule has 0 aromatic carbocycles. The molecule has 2 bridgehead atoms. The second-order valence-electron chi connectivity index (χ2n) is 6.32. The topological polar surface area (TPSA) is 52.7 Å². The van der Waals surface area contributed by atoms with Gasteiger partial charge in [-0.15, -0.1) is 0 Å². The molecule has 3 saturated heterocycles. The lowest BCUT2D eigenvalue weighted by Gasteiger charge is -2.36. The molecule has 19 heavy (non-hydrogen) atoms. The van der Waals surface area contributed by atoms with Gasteiger partial charge in [0.1, 0.15) is 0 Å². The Bertz CT molecular complexity index is 412. The third kappa shape index (κ3) is 2.55. The van der Waals surface area contributed by atoms with Gasteiger partial charge in [0.2, 0.25) is 0 Å². The minimum atomic E-state index is -3.25. The molecule has 3 atom stereocenters. The SMILES string of the molecule is CC1CCCN(S(=O)(=O)N2C3CCNCC2CC3)C1. The molecule has 0 spiro atoms. The highest BCUT2D eigenvalue weighted by molar-refractivity contribution is 7.86. The van der Waals surface area contributed by atoms with Crippen LogP contribution in [0.5, 0.6) is 0 Å². The van der Waals surface area contributed by atoms with Crippen LogP contribution in [-0.2, 0) is 10.2 Å². The van der Waals surface area contributed by atoms with E-state index in [2.05, 4.69) is 12.2 Å². The number of nitrogens with zero attached hydrogens (tertiary/aromatic N) is 2. The van der Waals surface area contributed by atoms with Crippen molar-refractivity contribution in [3.63, 3.8) is 0 Å². The molecule has 3 fully saturated rings. The van der Waals surface area contributed by atoms with Crippen molar-refractivity contribution in [3.8, 4) is 0 Å². The van der Waals surface area contributed by atoms with Crippen molar-refractivity contribution in [3.05, 3.63) is 0 Å². The molecule has 0 aromatic rings. The van der Waals surface area contributed by atoms with Crippen molar-refractivity contribution in [2.45, 2.75) is 51.1 Å². The molecule has 3 rings (SSSR count). The first-order chi connectivity index (χ1) is 9.09. The quantitative estimate of drug-likeness (QED) is 0.817. The molecular formula is C13H25N3O2S. The van der Waals surface area contributed by atoms with E-state index in [9.17, 15) is 8.42 Å². The molecule has 1 N–H and O–H groups in total. The fourth-order valence-corrected chi connectivity index (χ4v) is 6.02. The van der Waals surface area contributed by atoms with Gasteiger partial charge in [-0.2, -0.15) is 17.0 Å². The van der Waals surface area contributed by atoms with Gasteiger partial charge < -0.3 is 5.32 Å². The third-order valence-corrected chi connectivity index (χ3v) is 6.91. The van der Waals surface area contributed by atoms with E-state index in [-0.39, 0.29) is 12.1 Å². The highest BCUT2D eigenvalue weighted by Crippen LogP contribution is 2.33. The Kier molecular flexibility index (Phi) is 3.86. The molecule has 3 heterocycles. The predicted molar refractivity (Wildman–Crippen MR) is 75.0 cm³/mol. The molecule has 6 heteroatoms. The standard InChI is InChI=1S/C13H25N3O2S/c1-11-3-2-8-15(10-11)19(17,18)16-12-4-5-13(16)9-14-7-6-12/h11-14H,2-10H2,1H3. The van der Waals surface area contributed by atoms with E-state index in [1.807, 2.05) is 4.31 Å². The monoisotopic (exact) mass is 287 g/mol. The van der Waals surface area contributed by atoms with Crippen LogP contribution in [0.4, 0.5) is 0 Å². The van der Waals surface area contributed by atoms with Crippen molar-refractivity contribution in [2.24, 2.45) is 5.92 Å². The van der Waals surface area contributed by atoms with Crippen molar-refractivity contribution >= 4 is 10.2 Å². The largest absolute Gasteiger partial charge is 0.315 e. The van der Waals surface area contributed by atoms with E-state index in [1.54, 1.807) is 4.31 Å². The normalized spacial score (nSPS) is 38.3. The first-order valence-corrected chi connectivity index (χ1v) is 8.98. The maximum atomic E-state index is 12.9. The molecule has 0 aliphatic carbocycles. The molecule has 3 unspecified atom stereocenters. The van der Waals surface area contributed by atoms with Crippen molar-refractivity contribution in [1.29, 1.82) is 0 Å². The average Bonchev–Trinajstić information content (AvgIpc) is 2.63. The summed E-state index contributed by atoms with van der Waals surface area (Å²) in [5.74, 6) is 0.492. The lowest BCUT2D eigenvalue weighted by atomic mass is 10.0. The predicted octanol–water partition coefficient (Wildman–Crippen LogP) is 0.789. The first-order valence-electron chi connectivity index (χ1n) is 7.58. The zero-order valence-electron chi connectivity index (χ0n) is 11.7. The van der Waals surface area contributed by atoms with E-state index in [4.69, 9.17) is 0 Å². The molecule has 3 aliphatic heterocycles. The summed E-state index contributed by atoms with van der Waals surface area (Å²) >= 11 is 0. The van der Waals surface area contributed by atoms with Gasteiger partial charge in [-0.1, -0.05) is 6.92 Å². The van der Waals surface area contributed by atoms with Crippen LogP contribution in [0, 0.1) is 5.92 Å². The van der Waals surface area contributed by atoms with Gasteiger partial charge in [0, 0.05) is 31.7 Å². The van der Waals surface area contributed by atoms with Gasteiger partial charge in [-0.25, -0.2) is 0 Å². The van der Waals surface area contributed by atoms with Crippen LogP contribution in [-0.4, -0.2) is 55.3 Å². The zero-order chi connectivity index (χ0) is 13.5. The van der Waals surface area contributed by atoms with E-state index in [0.717, 1.165) is 45.2 Å². The van der Waals surface area contributed by atoms with Crippen molar-refractivity contribution < 1.29 is 8.42 Å². The fraction of sp³-hybridized carbons (Fsp3) is 1.00. The number of hydrogen-bond acceptors (Lipinski definition) is 3. The summed E-state index contributed by atoms with van der Waals surface area (Å²) in [6.45, 7) is 5.32. The molecule has 0 radical (unpaired) electrons. The molecule has 0 saturated carbocycles. The maximum Gasteiger partial charge on any atom is 0.282 e. The number of piperidine rings is 1. The summed E-state index contributed by atoms with van der Waals surface area (Å²) < 4.78 is 29.4. The van der Waals surface area contributed by atoms with Crippen molar-refractivity contribution in [2.75, 3.05) is 26.2 Å². The van der Waals surface area contributed by atoms with Crippen molar-refractivity contribution in [1.82, 2.24) is 13.9 Å². The molecule has 110 valence electrons. The minimum Gasteiger partial charge on any atom is -0.315 e. The van der Waals surface area contributed by atoms with Crippen LogP contribution in [0.1, 0.15) is 39.0 Å². The molecule has 3 aliphatic rings. The lowest BCUT2D eigenvalue weighted by Crippen LogP contribution is -2.52. The Hall–Kier alpha value is -0.170. The Balaban J connectivity index is 1.83. The summed E-state index contributed by atoms with van der Waals surface area (Å²) in [7, 11) is -3.25. The van der Waals surface area contributed by atoms with Crippen LogP contribution in [0.3, 0.4) is 0 Å². The average molecular weight is 287 g/mol. The van der Waals surface area contributed by atoms with Gasteiger partial charge >= 0.3 is 0 Å². The number of rotatable bonds is 2.